The SMILES string of the molecule is Nc1nc(N)c(CCCCCCC(=O)N[C@@H](CCC(=O)O)C(=O)O)c(O)n1. The molecule has 0 aromatic carbocycles. The molecule has 0 radical (unpaired) electrons. The van der Waals surface area contributed by atoms with Gasteiger partial charge in [-0.05, 0) is 25.7 Å². The first kappa shape index (κ1) is 21.9. The number of aromatic nitrogens is 2. The van der Waals surface area contributed by atoms with E-state index in [1.165, 1.54) is 0 Å². The number of amides is 1. The smallest absolute Gasteiger partial charge is 0.326 e. The van der Waals surface area contributed by atoms with Crippen molar-refractivity contribution in [3.8, 4) is 5.88 Å². The molecule has 150 valence electrons. The van der Waals surface area contributed by atoms with Crippen LogP contribution in [0.3, 0.4) is 0 Å². The number of carbonyl (C=O) groups is 3. The van der Waals surface area contributed by atoms with Crippen molar-refractivity contribution >= 4 is 29.6 Å². The number of carboxylic acids is 2. The predicted molar refractivity (Wildman–Crippen MR) is 95.7 cm³/mol. The number of hydrogen-bond acceptors (Lipinski definition) is 8. The Morgan fingerprint density at radius 2 is 1.67 bits per heavy atom. The van der Waals surface area contributed by atoms with Crippen molar-refractivity contribution in [1.29, 1.82) is 0 Å². The summed E-state index contributed by atoms with van der Waals surface area (Å²) in [5.41, 5.74) is 11.5. The van der Waals surface area contributed by atoms with E-state index >= 15 is 0 Å². The number of nitrogens with one attached hydrogen (secondary N) is 1. The summed E-state index contributed by atoms with van der Waals surface area (Å²) in [6.45, 7) is 0. The van der Waals surface area contributed by atoms with Gasteiger partial charge in [-0.25, -0.2) is 4.79 Å². The molecule has 0 saturated heterocycles. The number of carbonyl (C=O) groups excluding carboxylic acids is 1. The second-order valence-corrected chi connectivity index (χ2v) is 6.07. The molecule has 0 saturated carbocycles. The van der Waals surface area contributed by atoms with Crippen molar-refractivity contribution in [2.45, 2.75) is 57.4 Å². The van der Waals surface area contributed by atoms with Crippen molar-refractivity contribution in [2.75, 3.05) is 11.5 Å². The highest BCUT2D eigenvalue weighted by Gasteiger charge is 2.20. The van der Waals surface area contributed by atoms with Crippen molar-refractivity contribution in [2.24, 2.45) is 0 Å². The molecule has 1 atom stereocenters. The lowest BCUT2D eigenvalue weighted by atomic mass is 10.1. The third-order valence-corrected chi connectivity index (χ3v) is 3.90. The quantitative estimate of drug-likeness (QED) is 0.272. The second kappa shape index (κ2) is 10.8. The third kappa shape index (κ3) is 8.21. The van der Waals surface area contributed by atoms with Crippen LogP contribution in [0.2, 0.25) is 0 Å². The molecular weight excluding hydrogens is 358 g/mol. The van der Waals surface area contributed by atoms with Crippen LogP contribution >= 0.6 is 0 Å². The fourth-order valence-corrected chi connectivity index (χ4v) is 2.48. The average molecular weight is 383 g/mol. The zero-order valence-electron chi connectivity index (χ0n) is 14.8. The third-order valence-electron chi connectivity index (χ3n) is 3.90. The van der Waals surface area contributed by atoms with Crippen LogP contribution in [-0.4, -0.2) is 49.2 Å². The van der Waals surface area contributed by atoms with Crippen LogP contribution in [0.1, 0.15) is 50.5 Å². The first-order chi connectivity index (χ1) is 12.7. The first-order valence-electron chi connectivity index (χ1n) is 8.55. The maximum atomic E-state index is 11.8. The highest BCUT2D eigenvalue weighted by atomic mass is 16.4. The van der Waals surface area contributed by atoms with Crippen molar-refractivity contribution in [1.82, 2.24) is 15.3 Å². The van der Waals surface area contributed by atoms with Gasteiger partial charge in [0.05, 0.1) is 5.56 Å². The van der Waals surface area contributed by atoms with Crippen LogP contribution in [-0.2, 0) is 20.8 Å². The van der Waals surface area contributed by atoms with Crippen molar-refractivity contribution < 1.29 is 29.7 Å². The Balaban J connectivity index is 2.26. The number of nitrogen functional groups attached to an aromatic ring is 2. The van der Waals surface area contributed by atoms with Crippen molar-refractivity contribution in [3.05, 3.63) is 5.56 Å². The first-order valence-corrected chi connectivity index (χ1v) is 8.55. The van der Waals surface area contributed by atoms with Crippen LogP contribution < -0.4 is 16.8 Å². The molecule has 11 heteroatoms. The van der Waals surface area contributed by atoms with Gasteiger partial charge in [-0.1, -0.05) is 12.8 Å². The van der Waals surface area contributed by atoms with Crippen LogP contribution in [0.25, 0.3) is 0 Å². The Hall–Kier alpha value is -3.11. The summed E-state index contributed by atoms with van der Waals surface area (Å²) in [4.78, 5) is 40.7. The maximum absolute atomic E-state index is 11.8. The summed E-state index contributed by atoms with van der Waals surface area (Å²) in [6.07, 6.45) is 2.86. The molecule has 1 heterocycles. The lowest BCUT2D eigenvalue weighted by Gasteiger charge is -2.13. The zero-order chi connectivity index (χ0) is 20.4. The van der Waals surface area contributed by atoms with Crippen LogP contribution in [0, 0.1) is 0 Å². The highest BCUT2D eigenvalue weighted by molar-refractivity contribution is 5.83. The number of aromatic hydroxyl groups is 1. The van der Waals surface area contributed by atoms with Crippen molar-refractivity contribution in [3.63, 3.8) is 0 Å². The molecule has 0 aliphatic carbocycles. The number of hydrogen-bond donors (Lipinski definition) is 6. The van der Waals surface area contributed by atoms with E-state index in [1.54, 1.807) is 0 Å². The lowest BCUT2D eigenvalue weighted by Crippen LogP contribution is -2.41. The van der Waals surface area contributed by atoms with Crippen LogP contribution in [0.15, 0.2) is 0 Å². The molecule has 0 aliphatic heterocycles. The Bertz CT molecular complexity index is 658. The molecule has 0 aliphatic rings. The number of carboxylic acid groups (broad SMARTS) is 2. The van der Waals surface area contributed by atoms with Crippen LogP contribution in [0.5, 0.6) is 5.88 Å². The topological polar surface area (TPSA) is 202 Å². The van der Waals surface area contributed by atoms with E-state index in [0.717, 1.165) is 12.8 Å². The second-order valence-electron chi connectivity index (χ2n) is 6.07. The molecule has 1 aromatic heterocycles. The van der Waals surface area contributed by atoms with Gasteiger partial charge in [0.1, 0.15) is 11.9 Å². The van der Waals surface area contributed by atoms with E-state index in [4.69, 9.17) is 21.7 Å². The molecule has 8 N–H and O–H groups in total. The summed E-state index contributed by atoms with van der Waals surface area (Å²) in [7, 11) is 0. The summed E-state index contributed by atoms with van der Waals surface area (Å²) >= 11 is 0. The van der Waals surface area contributed by atoms with Gasteiger partial charge in [0, 0.05) is 12.8 Å². The zero-order valence-corrected chi connectivity index (χ0v) is 14.8. The van der Waals surface area contributed by atoms with E-state index < -0.39 is 23.9 Å². The minimum atomic E-state index is -1.26. The van der Waals surface area contributed by atoms with E-state index in [9.17, 15) is 19.5 Å². The van der Waals surface area contributed by atoms with Gasteiger partial charge in [-0.15, -0.1) is 0 Å². The summed E-state index contributed by atoms with van der Waals surface area (Å²) in [5.74, 6) is -2.99. The van der Waals surface area contributed by atoms with Gasteiger partial charge in [0.15, 0.2) is 0 Å². The summed E-state index contributed by atoms with van der Waals surface area (Å²) in [6, 6.07) is -1.20. The number of nitrogens with two attached hydrogens (primary N) is 2. The van der Waals surface area contributed by atoms with Gasteiger partial charge in [0.2, 0.25) is 17.7 Å². The van der Waals surface area contributed by atoms with Gasteiger partial charge in [-0.2, -0.15) is 9.97 Å². The van der Waals surface area contributed by atoms with E-state index in [1.807, 2.05) is 0 Å². The number of aliphatic carboxylic acids is 2. The maximum Gasteiger partial charge on any atom is 0.326 e. The molecule has 1 amide bonds. The van der Waals surface area contributed by atoms with E-state index in [-0.39, 0.29) is 36.9 Å². The Labute approximate surface area is 155 Å². The van der Waals surface area contributed by atoms with Gasteiger partial charge >= 0.3 is 11.9 Å². The van der Waals surface area contributed by atoms with Gasteiger partial charge < -0.3 is 32.1 Å². The minimum absolute atomic E-state index is 0.0946. The fraction of sp³-hybridized carbons (Fsp3) is 0.562. The normalized spacial score (nSPS) is 11.7. The van der Waals surface area contributed by atoms with Crippen LogP contribution in [0.4, 0.5) is 11.8 Å². The molecule has 27 heavy (non-hydrogen) atoms. The number of rotatable bonds is 12. The molecule has 0 spiro atoms. The Kier molecular flexibility index (Phi) is 8.76. The molecular formula is C16H25N5O6. The number of anilines is 2. The average Bonchev–Trinajstić information content (AvgIpc) is 2.55. The van der Waals surface area contributed by atoms with E-state index in [2.05, 4.69) is 15.3 Å². The molecule has 1 aromatic rings. The number of nitrogens with zero attached hydrogens (tertiary/aromatic N) is 2. The monoisotopic (exact) mass is 383 g/mol. The Morgan fingerprint density at radius 1 is 1.00 bits per heavy atom. The molecule has 0 unspecified atom stereocenters. The summed E-state index contributed by atoms with van der Waals surface area (Å²) in [5, 5.41) is 29.6. The van der Waals surface area contributed by atoms with E-state index in [0.29, 0.717) is 24.8 Å². The molecule has 0 bridgehead atoms. The summed E-state index contributed by atoms with van der Waals surface area (Å²) < 4.78 is 0. The lowest BCUT2D eigenvalue weighted by molar-refractivity contribution is -0.143. The predicted octanol–water partition coefficient (Wildman–Crippen LogP) is 0.274. The minimum Gasteiger partial charge on any atom is -0.493 e. The van der Waals surface area contributed by atoms with Gasteiger partial charge in [0.25, 0.3) is 0 Å². The highest BCUT2D eigenvalue weighted by Crippen LogP contribution is 2.23. The fourth-order valence-electron chi connectivity index (χ4n) is 2.48. The number of unbranched alkanes of at least 4 members (excludes halogenated alkanes) is 3. The molecule has 1 rings (SSSR count). The largest absolute Gasteiger partial charge is 0.493 e. The standard InChI is InChI=1S/C16H25N5O6/c17-13-9(14(25)21-16(18)20-13)5-3-1-2-4-6-11(22)19-10(15(26)27)7-8-12(23)24/h10H,1-8H2,(H,19,22)(H,23,24)(H,26,27)(H5,17,18,20,21,25)/t10-/m0/s1. The van der Waals surface area contributed by atoms with Gasteiger partial charge in [-0.3, -0.25) is 9.59 Å². The molecule has 0 fully saturated rings. The molecule has 11 nitrogen and oxygen atoms in total. The Morgan fingerprint density at radius 3 is 2.26 bits per heavy atom.